The number of benzene rings is 3. The molecule has 0 aliphatic carbocycles. The van der Waals surface area contributed by atoms with E-state index >= 15 is 0 Å². The minimum Gasteiger partial charge on any atom is -0.495 e. The quantitative estimate of drug-likeness (QED) is 0.206. The molecule has 3 aromatic carbocycles. The lowest BCUT2D eigenvalue weighted by Crippen LogP contribution is -2.39. The summed E-state index contributed by atoms with van der Waals surface area (Å²) >= 11 is 0. The van der Waals surface area contributed by atoms with E-state index in [-0.39, 0.29) is 10.6 Å². The summed E-state index contributed by atoms with van der Waals surface area (Å²) in [7, 11) is -2.64. The van der Waals surface area contributed by atoms with Gasteiger partial charge in [-0.2, -0.15) is 5.10 Å². The molecule has 9 heteroatoms. The van der Waals surface area contributed by atoms with Crippen LogP contribution >= 0.6 is 0 Å². The highest BCUT2D eigenvalue weighted by atomic mass is 32.2. The second-order valence-corrected chi connectivity index (χ2v) is 12.1. The summed E-state index contributed by atoms with van der Waals surface area (Å²) in [5, 5.41) is 4.18. The zero-order valence-corrected chi connectivity index (χ0v) is 25.3. The monoisotopic (exact) mass is 572 g/mol. The Morgan fingerprint density at radius 3 is 2.20 bits per heavy atom. The molecule has 0 unspecified atom stereocenters. The van der Waals surface area contributed by atoms with Crippen molar-refractivity contribution < 1.29 is 17.9 Å². The van der Waals surface area contributed by atoms with Crippen molar-refractivity contribution in [3.05, 3.63) is 106 Å². The number of ether oxygens (including phenoxy) is 1. The van der Waals surface area contributed by atoms with Crippen molar-refractivity contribution >= 4 is 27.8 Å². The average molecular weight is 573 g/mol. The summed E-state index contributed by atoms with van der Waals surface area (Å²) in [6.45, 7) is 11.4. The SMILES string of the molecule is COc1ccc(C)cc1N(CC(=O)N/N=C/c1cc(C)n(-c2c(C)cccc2C)c1C)S(=O)(=O)c1ccc(C)cc1. The average Bonchev–Trinajstić information content (AvgIpc) is 3.20. The number of aromatic nitrogens is 1. The Bertz CT molecular complexity index is 1700. The number of carbonyl (C=O) groups is 1. The van der Waals surface area contributed by atoms with Crippen LogP contribution in [0.15, 0.2) is 76.7 Å². The van der Waals surface area contributed by atoms with Gasteiger partial charge in [-0.15, -0.1) is 0 Å². The van der Waals surface area contributed by atoms with Crippen molar-refractivity contribution in [2.75, 3.05) is 18.0 Å². The van der Waals surface area contributed by atoms with Crippen LogP contribution in [0.5, 0.6) is 5.75 Å². The molecular weight excluding hydrogens is 536 g/mol. The molecule has 0 bridgehead atoms. The van der Waals surface area contributed by atoms with Crippen LogP contribution in [-0.2, 0) is 14.8 Å². The fourth-order valence-electron chi connectivity index (χ4n) is 4.89. The maximum atomic E-state index is 13.8. The summed E-state index contributed by atoms with van der Waals surface area (Å²) < 4.78 is 36.2. The van der Waals surface area contributed by atoms with Crippen molar-refractivity contribution in [2.24, 2.45) is 5.10 Å². The molecular formula is C32H36N4O4S. The first-order chi connectivity index (χ1) is 19.4. The van der Waals surface area contributed by atoms with Gasteiger partial charge in [-0.05, 0) is 88.6 Å². The largest absolute Gasteiger partial charge is 0.495 e. The first kappa shape index (κ1) is 29.6. The van der Waals surface area contributed by atoms with Crippen LogP contribution in [0, 0.1) is 41.5 Å². The number of methoxy groups -OCH3 is 1. The lowest BCUT2D eigenvalue weighted by molar-refractivity contribution is -0.119. The van der Waals surface area contributed by atoms with Crippen molar-refractivity contribution in [1.29, 1.82) is 0 Å². The molecule has 0 saturated carbocycles. The van der Waals surface area contributed by atoms with E-state index in [1.807, 2.05) is 45.9 Å². The van der Waals surface area contributed by atoms with Gasteiger partial charge in [-0.25, -0.2) is 13.8 Å². The highest BCUT2D eigenvalue weighted by Gasteiger charge is 2.29. The van der Waals surface area contributed by atoms with Gasteiger partial charge in [0.15, 0.2) is 0 Å². The Morgan fingerprint density at radius 2 is 1.56 bits per heavy atom. The minimum absolute atomic E-state index is 0.0712. The molecule has 0 fully saturated rings. The molecule has 0 radical (unpaired) electrons. The molecule has 0 atom stereocenters. The maximum absolute atomic E-state index is 13.8. The van der Waals surface area contributed by atoms with E-state index < -0.39 is 22.5 Å². The summed E-state index contributed by atoms with van der Waals surface area (Å²) in [4.78, 5) is 13.2. The Hall–Kier alpha value is -4.37. The number of amides is 1. The first-order valence-corrected chi connectivity index (χ1v) is 14.7. The predicted molar refractivity (Wildman–Crippen MR) is 164 cm³/mol. The van der Waals surface area contributed by atoms with Gasteiger partial charge in [-0.3, -0.25) is 9.10 Å². The van der Waals surface area contributed by atoms with Crippen LogP contribution in [0.25, 0.3) is 5.69 Å². The van der Waals surface area contributed by atoms with Gasteiger partial charge in [0.1, 0.15) is 12.3 Å². The molecule has 0 aliphatic heterocycles. The lowest BCUT2D eigenvalue weighted by atomic mass is 10.1. The van der Waals surface area contributed by atoms with Crippen LogP contribution < -0.4 is 14.5 Å². The molecule has 4 rings (SSSR count). The third-order valence-corrected chi connectivity index (χ3v) is 8.80. The van der Waals surface area contributed by atoms with E-state index in [0.717, 1.165) is 49.2 Å². The highest BCUT2D eigenvalue weighted by Crippen LogP contribution is 2.33. The molecule has 4 aromatic rings. The summed E-state index contributed by atoms with van der Waals surface area (Å²) in [6.07, 6.45) is 1.58. The fourth-order valence-corrected chi connectivity index (χ4v) is 6.32. The van der Waals surface area contributed by atoms with E-state index in [4.69, 9.17) is 4.74 Å². The lowest BCUT2D eigenvalue weighted by Gasteiger charge is -2.25. The molecule has 1 N–H and O–H groups in total. The Kier molecular flexibility index (Phi) is 8.68. The summed E-state index contributed by atoms with van der Waals surface area (Å²) in [6, 6.07) is 19.9. The second kappa shape index (κ2) is 12.0. The number of sulfonamides is 1. The van der Waals surface area contributed by atoms with E-state index in [1.165, 1.54) is 19.2 Å². The molecule has 1 heterocycles. The molecule has 0 saturated heterocycles. The smallest absolute Gasteiger partial charge is 0.264 e. The van der Waals surface area contributed by atoms with Gasteiger partial charge in [0, 0.05) is 17.0 Å². The zero-order chi connectivity index (χ0) is 29.9. The van der Waals surface area contributed by atoms with E-state index in [0.29, 0.717) is 5.75 Å². The van der Waals surface area contributed by atoms with Gasteiger partial charge in [0.05, 0.1) is 29.6 Å². The predicted octanol–water partition coefficient (Wildman–Crippen LogP) is 5.68. The highest BCUT2D eigenvalue weighted by molar-refractivity contribution is 7.92. The number of hydrazone groups is 1. The van der Waals surface area contributed by atoms with E-state index in [1.54, 1.807) is 30.5 Å². The first-order valence-electron chi connectivity index (χ1n) is 13.3. The number of hydrogen-bond acceptors (Lipinski definition) is 5. The van der Waals surface area contributed by atoms with Crippen LogP contribution in [-0.4, -0.2) is 38.8 Å². The molecule has 1 amide bonds. The topological polar surface area (TPSA) is 93.0 Å². The normalized spacial score (nSPS) is 11.6. The van der Waals surface area contributed by atoms with Crippen LogP contribution in [0.1, 0.15) is 39.2 Å². The van der Waals surface area contributed by atoms with Crippen LogP contribution in [0.3, 0.4) is 0 Å². The summed E-state index contributed by atoms with van der Waals surface area (Å²) in [5.41, 5.74) is 10.8. The van der Waals surface area contributed by atoms with Crippen LogP contribution in [0.4, 0.5) is 5.69 Å². The number of nitrogens with one attached hydrogen (secondary N) is 1. The number of nitrogens with zero attached hydrogens (tertiary/aromatic N) is 3. The zero-order valence-electron chi connectivity index (χ0n) is 24.5. The minimum atomic E-state index is -4.10. The number of hydrogen-bond donors (Lipinski definition) is 1. The van der Waals surface area contributed by atoms with Crippen molar-refractivity contribution in [3.63, 3.8) is 0 Å². The molecule has 41 heavy (non-hydrogen) atoms. The van der Waals surface area contributed by atoms with E-state index in [2.05, 4.69) is 41.1 Å². The fraction of sp³-hybridized carbons (Fsp3) is 0.250. The van der Waals surface area contributed by atoms with E-state index in [9.17, 15) is 13.2 Å². The Morgan fingerprint density at radius 1 is 0.927 bits per heavy atom. The third-order valence-electron chi connectivity index (χ3n) is 7.03. The van der Waals surface area contributed by atoms with Crippen molar-refractivity contribution in [3.8, 4) is 11.4 Å². The van der Waals surface area contributed by atoms with Gasteiger partial charge in [0.25, 0.3) is 15.9 Å². The molecule has 1 aromatic heterocycles. The number of para-hydroxylation sites is 1. The molecule has 0 aliphatic rings. The summed E-state index contributed by atoms with van der Waals surface area (Å²) in [5.74, 6) is -0.259. The maximum Gasteiger partial charge on any atom is 0.264 e. The Balaban J connectivity index is 1.62. The standard InChI is InChI=1S/C32H36N4O4S/c1-21-11-14-28(15-12-21)41(38,39)35(29-17-22(2)13-16-30(29)40-7)20-31(37)34-33-19-27-18-25(5)36(26(27)6)32-23(3)9-8-10-24(32)4/h8-19H,20H2,1-7H3,(H,34,37)/b33-19+. The molecule has 214 valence electrons. The number of aryl methyl sites for hydroxylation is 5. The number of anilines is 1. The number of rotatable bonds is 9. The second-order valence-electron chi connectivity index (χ2n) is 10.2. The Labute approximate surface area is 242 Å². The third kappa shape index (κ3) is 6.20. The molecule has 0 spiro atoms. The van der Waals surface area contributed by atoms with Crippen molar-refractivity contribution in [2.45, 2.75) is 46.4 Å². The molecule has 8 nitrogen and oxygen atoms in total. The van der Waals surface area contributed by atoms with Gasteiger partial charge < -0.3 is 9.30 Å². The van der Waals surface area contributed by atoms with Crippen molar-refractivity contribution in [1.82, 2.24) is 9.99 Å². The van der Waals surface area contributed by atoms with Gasteiger partial charge >= 0.3 is 0 Å². The number of carbonyl (C=O) groups excluding carboxylic acids is 1. The van der Waals surface area contributed by atoms with Crippen LogP contribution in [0.2, 0.25) is 0 Å². The van der Waals surface area contributed by atoms with Gasteiger partial charge in [0.2, 0.25) is 0 Å². The van der Waals surface area contributed by atoms with Gasteiger partial charge in [-0.1, -0.05) is 42.0 Å².